The van der Waals surface area contributed by atoms with Crippen molar-refractivity contribution in [2.24, 2.45) is 10.7 Å². The van der Waals surface area contributed by atoms with E-state index < -0.39 is 34.0 Å². The molecule has 0 bridgehead atoms. The van der Waals surface area contributed by atoms with Gasteiger partial charge in [0.2, 0.25) is 15.9 Å². The van der Waals surface area contributed by atoms with Crippen molar-refractivity contribution in [3.63, 3.8) is 0 Å². The molecule has 0 radical (unpaired) electrons. The van der Waals surface area contributed by atoms with E-state index in [4.69, 9.17) is 5.73 Å². The first-order valence-electron chi connectivity index (χ1n) is 12.1. The number of thioether (sulfide) groups is 1. The van der Waals surface area contributed by atoms with Crippen LogP contribution in [-0.4, -0.2) is 71.6 Å². The smallest absolute Gasteiger partial charge is 0.326 e. The van der Waals surface area contributed by atoms with Crippen LogP contribution >= 0.6 is 11.8 Å². The first-order chi connectivity index (χ1) is 18.1. The minimum Gasteiger partial charge on any atom is -0.480 e. The van der Waals surface area contributed by atoms with Gasteiger partial charge in [0.1, 0.15) is 17.9 Å². The van der Waals surface area contributed by atoms with Crippen LogP contribution in [0.2, 0.25) is 0 Å². The number of ketones is 1. The maximum Gasteiger partial charge on any atom is 0.326 e. The molecule has 4 N–H and O–H groups in total. The Labute approximate surface area is 226 Å². The number of hydrogen-bond acceptors (Lipinski definition) is 7. The molecule has 0 aromatic heterocycles. The number of aliphatic imine (C=N–C) groups is 1. The van der Waals surface area contributed by atoms with Gasteiger partial charge in [-0.15, -0.1) is 11.8 Å². The zero-order valence-electron chi connectivity index (χ0n) is 21.1. The van der Waals surface area contributed by atoms with Gasteiger partial charge in [-0.25, -0.2) is 13.2 Å². The number of carbonyl (C=O) groups is 3. The first-order valence-corrected chi connectivity index (χ1v) is 14.7. The minimum absolute atomic E-state index is 0.0110. The van der Waals surface area contributed by atoms with Crippen LogP contribution in [0.15, 0.2) is 64.5 Å². The predicted molar refractivity (Wildman–Crippen MR) is 146 cm³/mol. The maximum absolute atomic E-state index is 13.1. The summed E-state index contributed by atoms with van der Waals surface area (Å²) >= 11 is 1.29. The number of benzene rings is 2. The van der Waals surface area contributed by atoms with Gasteiger partial charge in [-0.1, -0.05) is 42.5 Å². The Balaban J connectivity index is 1.59. The van der Waals surface area contributed by atoms with Crippen LogP contribution in [0.1, 0.15) is 30.9 Å². The molecule has 12 heteroatoms. The molecule has 1 fully saturated rings. The summed E-state index contributed by atoms with van der Waals surface area (Å²) < 4.78 is 27.2. The number of nitrogens with one attached hydrogen (secondary N) is 1. The largest absolute Gasteiger partial charge is 0.480 e. The number of sulfonamides is 1. The number of nitrogens with two attached hydrogens (primary N) is 1. The summed E-state index contributed by atoms with van der Waals surface area (Å²) in [7, 11) is -3.91. The second-order valence-electron chi connectivity index (χ2n) is 8.98. The van der Waals surface area contributed by atoms with E-state index in [-0.39, 0.29) is 35.2 Å². The van der Waals surface area contributed by atoms with E-state index in [0.717, 1.165) is 9.87 Å². The summed E-state index contributed by atoms with van der Waals surface area (Å²) in [5.74, 6) is -0.990. The van der Waals surface area contributed by atoms with E-state index in [1.807, 2.05) is 0 Å². The predicted octanol–water partition coefficient (Wildman–Crippen LogP) is 1.83. The highest BCUT2D eigenvalue weighted by Gasteiger charge is 2.41. The molecule has 2 atom stereocenters. The summed E-state index contributed by atoms with van der Waals surface area (Å²) in [6.07, 6.45) is 1.28. The number of amidine groups is 1. The van der Waals surface area contributed by atoms with Crippen LogP contribution in [0.5, 0.6) is 0 Å². The van der Waals surface area contributed by atoms with E-state index in [9.17, 15) is 27.9 Å². The molecular weight excluding hydrogens is 528 g/mol. The number of carbonyl (C=O) groups excluding carboxylic acids is 2. The van der Waals surface area contributed by atoms with E-state index in [1.54, 1.807) is 49.4 Å². The standard InChI is InChI=1S/C26H32N4O6S2/c1-18(27)28-13-5-6-21(31)14-19-9-11-20(12-10-19)15-23(26(33)34)29-25(32)24-16-37-17-30(24)38(35,36)22-7-3-2-4-8-22/h2-4,7-12,23-24H,5-6,13-17H2,1H3,(H2,27,28)(H,29,32)(H,33,34)/t23-,24-/m0/s1. The second-order valence-corrected chi connectivity index (χ2v) is 11.9. The van der Waals surface area contributed by atoms with E-state index in [2.05, 4.69) is 10.3 Å². The van der Waals surface area contributed by atoms with Crippen LogP contribution in [0.25, 0.3) is 0 Å². The summed E-state index contributed by atoms with van der Waals surface area (Å²) in [6.45, 7) is 2.20. The number of amides is 1. The zero-order valence-corrected chi connectivity index (χ0v) is 22.7. The molecule has 0 spiro atoms. The van der Waals surface area contributed by atoms with E-state index in [1.165, 1.54) is 23.9 Å². The molecular formula is C26H32N4O6S2. The van der Waals surface area contributed by atoms with Gasteiger partial charge in [-0.2, -0.15) is 4.31 Å². The number of carboxylic acids is 1. The fraction of sp³-hybridized carbons (Fsp3) is 0.385. The lowest BCUT2D eigenvalue weighted by atomic mass is 10.0. The van der Waals surface area contributed by atoms with Gasteiger partial charge < -0.3 is 16.2 Å². The molecule has 0 saturated carbocycles. The Morgan fingerprint density at radius 2 is 1.79 bits per heavy atom. The fourth-order valence-electron chi connectivity index (χ4n) is 3.94. The summed E-state index contributed by atoms with van der Waals surface area (Å²) in [4.78, 5) is 41.3. The minimum atomic E-state index is -3.91. The van der Waals surface area contributed by atoms with Crippen LogP contribution in [0.3, 0.4) is 0 Å². The number of hydrogen-bond donors (Lipinski definition) is 3. The van der Waals surface area contributed by atoms with Crippen LogP contribution in [-0.2, 0) is 37.2 Å². The number of rotatable bonds is 13. The molecule has 10 nitrogen and oxygen atoms in total. The van der Waals surface area contributed by atoms with Crippen LogP contribution in [0, 0.1) is 0 Å². The molecule has 1 heterocycles. The van der Waals surface area contributed by atoms with Gasteiger partial charge in [0.15, 0.2) is 0 Å². The second kappa shape index (κ2) is 13.5. The van der Waals surface area contributed by atoms with Crippen molar-refractivity contribution in [3.05, 3.63) is 65.7 Å². The molecule has 204 valence electrons. The van der Waals surface area contributed by atoms with E-state index >= 15 is 0 Å². The summed E-state index contributed by atoms with van der Waals surface area (Å²) in [5, 5.41) is 12.2. The van der Waals surface area contributed by atoms with Gasteiger partial charge in [-0.3, -0.25) is 14.6 Å². The molecule has 1 amide bonds. The number of Topliss-reactive ketones (excluding diaryl/α,β-unsaturated/α-hetero) is 1. The highest BCUT2D eigenvalue weighted by Crippen LogP contribution is 2.28. The highest BCUT2D eigenvalue weighted by atomic mass is 32.2. The van der Waals surface area contributed by atoms with Crippen molar-refractivity contribution in [3.8, 4) is 0 Å². The summed E-state index contributed by atoms with van der Waals surface area (Å²) in [5.41, 5.74) is 6.95. The number of nitrogens with zero attached hydrogens (tertiary/aromatic N) is 2. The maximum atomic E-state index is 13.1. The van der Waals surface area contributed by atoms with Crippen molar-refractivity contribution < 1.29 is 27.9 Å². The zero-order chi connectivity index (χ0) is 27.7. The van der Waals surface area contributed by atoms with Crippen molar-refractivity contribution in [1.29, 1.82) is 0 Å². The van der Waals surface area contributed by atoms with Crippen LogP contribution < -0.4 is 11.1 Å². The lowest BCUT2D eigenvalue weighted by Crippen LogP contribution is -2.52. The van der Waals surface area contributed by atoms with Crippen molar-refractivity contribution in [2.45, 2.75) is 49.6 Å². The Morgan fingerprint density at radius 3 is 2.42 bits per heavy atom. The molecule has 1 aliphatic heterocycles. The molecule has 1 saturated heterocycles. The first kappa shape index (κ1) is 29.3. The third-order valence-electron chi connectivity index (χ3n) is 5.95. The average Bonchev–Trinajstić information content (AvgIpc) is 3.39. The van der Waals surface area contributed by atoms with Gasteiger partial charge in [-0.05, 0) is 36.6 Å². The molecule has 2 aromatic rings. The Hall–Kier alpha value is -3.22. The number of carboxylic acid groups (broad SMARTS) is 1. The Bertz CT molecular complexity index is 1260. The van der Waals surface area contributed by atoms with E-state index in [0.29, 0.717) is 30.8 Å². The lowest BCUT2D eigenvalue weighted by Gasteiger charge is -2.24. The Morgan fingerprint density at radius 1 is 1.13 bits per heavy atom. The van der Waals surface area contributed by atoms with Crippen molar-refractivity contribution in [2.75, 3.05) is 18.2 Å². The van der Waals surface area contributed by atoms with Gasteiger partial charge in [0.05, 0.1) is 16.6 Å². The molecule has 2 aromatic carbocycles. The molecule has 1 aliphatic rings. The van der Waals surface area contributed by atoms with Crippen LogP contribution in [0.4, 0.5) is 0 Å². The van der Waals surface area contributed by atoms with Gasteiger partial charge in [0, 0.05) is 31.6 Å². The lowest BCUT2D eigenvalue weighted by molar-refractivity contribution is -0.142. The van der Waals surface area contributed by atoms with Gasteiger partial charge in [0.25, 0.3) is 0 Å². The fourth-order valence-corrected chi connectivity index (χ4v) is 7.11. The molecule has 3 rings (SSSR count). The average molecular weight is 561 g/mol. The third kappa shape index (κ3) is 8.14. The van der Waals surface area contributed by atoms with Crippen molar-refractivity contribution in [1.82, 2.24) is 9.62 Å². The normalized spacial score (nSPS) is 17.2. The van der Waals surface area contributed by atoms with Gasteiger partial charge >= 0.3 is 5.97 Å². The van der Waals surface area contributed by atoms with Crippen molar-refractivity contribution >= 4 is 45.3 Å². The molecule has 0 unspecified atom stereocenters. The monoisotopic (exact) mass is 560 g/mol. The highest BCUT2D eigenvalue weighted by molar-refractivity contribution is 8.00. The third-order valence-corrected chi connectivity index (χ3v) is 8.99. The SMILES string of the molecule is CC(N)=NCCCC(=O)Cc1ccc(C[C@H](NC(=O)[C@@H]2CSCN2S(=O)(=O)c2ccccc2)C(=O)O)cc1. The molecule has 0 aliphatic carbocycles. The Kier molecular flexibility index (Phi) is 10.5. The number of aliphatic carboxylic acids is 1. The molecule has 38 heavy (non-hydrogen) atoms. The quantitative estimate of drug-likeness (QED) is 0.190. The summed E-state index contributed by atoms with van der Waals surface area (Å²) in [6, 6.07) is 12.5. The topological polar surface area (TPSA) is 159 Å².